The first-order valence-electron chi connectivity index (χ1n) is 3.87. The Bertz CT molecular complexity index is 399. The topological polar surface area (TPSA) is 37.3 Å². The van der Waals surface area contributed by atoms with Gasteiger partial charge in [0, 0.05) is 16.7 Å². The van der Waals surface area contributed by atoms with Gasteiger partial charge in [-0.15, -0.1) is 0 Å². The molecule has 0 amide bonds. The highest BCUT2D eigenvalue weighted by atomic mass is 35.5. The summed E-state index contributed by atoms with van der Waals surface area (Å²) in [5.41, 5.74) is 0.791. The Balaban J connectivity index is 3.10. The fourth-order valence-electron chi connectivity index (χ4n) is 0.950. The summed E-state index contributed by atoms with van der Waals surface area (Å²) in [7, 11) is 0. The zero-order chi connectivity index (χ0) is 10.7. The summed E-state index contributed by atoms with van der Waals surface area (Å²) in [4.78, 5) is 10.2. The van der Waals surface area contributed by atoms with E-state index in [4.69, 9.17) is 16.7 Å². The molecule has 0 saturated carbocycles. The molecule has 0 unspecified atom stereocenters. The molecule has 0 saturated heterocycles. The van der Waals surface area contributed by atoms with Crippen LogP contribution in [0, 0.1) is 12.7 Å². The van der Waals surface area contributed by atoms with E-state index >= 15 is 0 Å². The van der Waals surface area contributed by atoms with Gasteiger partial charge < -0.3 is 5.11 Å². The Labute approximate surface area is 85.6 Å². The van der Waals surface area contributed by atoms with Crippen LogP contribution in [-0.2, 0) is 4.79 Å². The molecule has 1 aromatic rings. The van der Waals surface area contributed by atoms with E-state index in [1.54, 1.807) is 6.92 Å². The highest BCUT2D eigenvalue weighted by Crippen LogP contribution is 2.20. The Morgan fingerprint density at radius 3 is 2.79 bits per heavy atom. The second-order valence-electron chi connectivity index (χ2n) is 2.79. The molecule has 0 aliphatic heterocycles. The van der Waals surface area contributed by atoms with E-state index in [0.717, 1.165) is 6.08 Å². The average molecular weight is 215 g/mol. The van der Waals surface area contributed by atoms with Crippen LogP contribution in [0.5, 0.6) is 0 Å². The van der Waals surface area contributed by atoms with Crippen molar-refractivity contribution in [1.29, 1.82) is 0 Å². The first kappa shape index (κ1) is 10.7. The van der Waals surface area contributed by atoms with Crippen LogP contribution in [0.3, 0.4) is 0 Å². The zero-order valence-corrected chi connectivity index (χ0v) is 8.18. The Hall–Kier alpha value is -1.35. The quantitative estimate of drug-likeness (QED) is 0.769. The number of aliphatic carboxylic acids is 1. The molecule has 4 heteroatoms. The van der Waals surface area contributed by atoms with Crippen LogP contribution in [0.15, 0.2) is 18.2 Å². The predicted molar refractivity (Wildman–Crippen MR) is 52.8 cm³/mol. The van der Waals surface area contributed by atoms with Gasteiger partial charge in [-0.25, -0.2) is 9.18 Å². The summed E-state index contributed by atoms with van der Waals surface area (Å²) in [6.45, 7) is 1.68. The van der Waals surface area contributed by atoms with Crippen LogP contribution < -0.4 is 0 Å². The molecule has 1 aromatic carbocycles. The van der Waals surface area contributed by atoms with Crippen molar-refractivity contribution in [3.05, 3.63) is 40.2 Å². The molecule has 0 atom stereocenters. The van der Waals surface area contributed by atoms with Gasteiger partial charge in [0.15, 0.2) is 0 Å². The smallest absolute Gasteiger partial charge is 0.328 e. The third kappa shape index (κ3) is 2.57. The maximum Gasteiger partial charge on any atom is 0.328 e. The number of hydrogen-bond acceptors (Lipinski definition) is 1. The molecule has 0 aliphatic rings. The average Bonchev–Trinajstić information content (AvgIpc) is 2.09. The zero-order valence-electron chi connectivity index (χ0n) is 7.42. The maximum absolute atomic E-state index is 13.2. The van der Waals surface area contributed by atoms with Crippen molar-refractivity contribution in [3.8, 4) is 0 Å². The van der Waals surface area contributed by atoms with E-state index in [0.29, 0.717) is 10.6 Å². The molecule has 1 N–H and O–H groups in total. The van der Waals surface area contributed by atoms with Gasteiger partial charge in [-0.3, -0.25) is 0 Å². The largest absolute Gasteiger partial charge is 0.478 e. The van der Waals surface area contributed by atoms with Crippen LogP contribution in [0.25, 0.3) is 6.08 Å². The number of halogens is 2. The Kier molecular flexibility index (Phi) is 3.25. The molecule has 1 rings (SSSR count). The van der Waals surface area contributed by atoms with Crippen LogP contribution in [0.2, 0.25) is 5.02 Å². The monoisotopic (exact) mass is 214 g/mol. The maximum atomic E-state index is 13.2. The second-order valence-corrected chi connectivity index (χ2v) is 3.20. The van der Waals surface area contributed by atoms with Crippen LogP contribution >= 0.6 is 11.6 Å². The van der Waals surface area contributed by atoms with E-state index in [1.165, 1.54) is 18.2 Å². The van der Waals surface area contributed by atoms with Crippen molar-refractivity contribution in [2.24, 2.45) is 0 Å². The first-order chi connectivity index (χ1) is 6.50. The van der Waals surface area contributed by atoms with E-state index < -0.39 is 11.8 Å². The highest BCUT2D eigenvalue weighted by Gasteiger charge is 2.03. The summed E-state index contributed by atoms with van der Waals surface area (Å²) in [5.74, 6) is -1.61. The van der Waals surface area contributed by atoms with Crippen molar-refractivity contribution >= 4 is 23.6 Å². The lowest BCUT2D eigenvalue weighted by molar-refractivity contribution is -0.131. The van der Waals surface area contributed by atoms with E-state index in [9.17, 15) is 9.18 Å². The van der Waals surface area contributed by atoms with Crippen molar-refractivity contribution in [1.82, 2.24) is 0 Å². The standard InChI is InChI=1S/C10H8ClFO2/c1-6-4-9(12)7(5-8(6)11)2-3-10(13)14/h2-5H,1H3,(H,13,14)/b3-2+. The lowest BCUT2D eigenvalue weighted by Crippen LogP contribution is -1.89. The molecule has 0 aliphatic carbocycles. The minimum Gasteiger partial charge on any atom is -0.478 e. The van der Waals surface area contributed by atoms with Gasteiger partial charge >= 0.3 is 5.97 Å². The molecule has 74 valence electrons. The van der Waals surface area contributed by atoms with Gasteiger partial charge in [0.1, 0.15) is 5.82 Å². The molecule has 14 heavy (non-hydrogen) atoms. The van der Waals surface area contributed by atoms with Gasteiger partial charge in [0.25, 0.3) is 0 Å². The number of benzene rings is 1. The third-order valence-electron chi connectivity index (χ3n) is 1.68. The molecule has 0 radical (unpaired) electrons. The van der Waals surface area contributed by atoms with Crippen LogP contribution in [-0.4, -0.2) is 11.1 Å². The van der Waals surface area contributed by atoms with Crippen molar-refractivity contribution < 1.29 is 14.3 Å². The Morgan fingerprint density at radius 2 is 2.21 bits per heavy atom. The molecule has 0 fully saturated rings. The first-order valence-corrected chi connectivity index (χ1v) is 4.25. The number of rotatable bonds is 2. The number of carbonyl (C=O) groups is 1. The third-order valence-corrected chi connectivity index (χ3v) is 2.09. The van der Waals surface area contributed by atoms with E-state index in [1.807, 2.05) is 0 Å². The van der Waals surface area contributed by atoms with E-state index in [2.05, 4.69) is 0 Å². The van der Waals surface area contributed by atoms with Crippen molar-refractivity contribution in [2.75, 3.05) is 0 Å². The molecule has 0 bridgehead atoms. The number of aryl methyl sites for hydroxylation is 1. The molecular weight excluding hydrogens is 207 g/mol. The van der Waals surface area contributed by atoms with Crippen LogP contribution in [0.4, 0.5) is 4.39 Å². The summed E-state index contributed by atoms with van der Waals surface area (Å²) < 4.78 is 13.2. The number of hydrogen-bond donors (Lipinski definition) is 1. The molecular formula is C10H8ClFO2. The lowest BCUT2D eigenvalue weighted by Gasteiger charge is -2.01. The van der Waals surface area contributed by atoms with Crippen molar-refractivity contribution in [2.45, 2.75) is 6.92 Å². The van der Waals surface area contributed by atoms with Gasteiger partial charge in [-0.05, 0) is 30.7 Å². The van der Waals surface area contributed by atoms with Gasteiger partial charge in [0.2, 0.25) is 0 Å². The summed E-state index contributed by atoms with van der Waals surface area (Å²) >= 11 is 5.75. The minimum atomic E-state index is -1.12. The molecule has 0 aromatic heterocycles. The molecule has 0 spiro atoms. The number of carboxylic acids is 1. The number of carboxylic acid groups (broad SMARTS) is 1. The molecule has 2 nitrogen and oxygen atoms in total. The summed E-state index contributed by atoms with van der Waals surface area (Å²) in [6, 6.07) is 2.66. The lowest BCUT2D eigenvalue weighted by atomic mass is 10.1. The minimum absolute atomic E-state index is 0.169. The SMILES string of the molecule is Cc1cc(F)c(/C=C/C(=O)O)cc1Cl. The van der Waals surface area contributed by atoms with Crippen LogP contribution in [0.1, 0.15) is 11.1 Å². The molecule has 0 heterocycles. The van der Waals surface area contributed by atoms with Crippen molar-refractivity contribution in [3.63, 3.8) is 0 Å². The fourth-order valence-corrected chi connectivity index (χ4v) is 1.12. The summed E-state index contributed by atoms with van der Waals surface area (Å²) in [5, 5.41) is 8.76. The van der Waals surface area contributed by atoms with E-state index in [-0.39, 0.29) is 5.56 Å². The predicted octanol–water partition coefficient (Wildman–Crippen LogP) is 2.89. The van der Waals surface area contributed by atoms with Gasteiger partial charge in [-0.1, -0.05) is 11.6 Å². The normalized spacial score (nSPS) is 10.8. The second kappa shape index (κ2) is 4.24. The summed E-state index contributed by atoms with van der Waals surface area (Å²) in [6.07, 6.45) is 2.03. The van der Waals surface area contributed by atoms with Gasteiger partial charge in [0.05, 0.1) is 0 Å². The Morgan fingerprint density at radius 1 is 1.57 bits per heavy atom. The fraction of sp³-hybridized carbons (Fsp3) is 0.100. The highest BCUT2D eigenvalue weighted by molar-refractivity contribution is 6.31. The van der Waals surface area contributed by atoms with Gasteiger partial charge in [-0.2, -0.15) is 0 Å².